The third kappa shape index (κ3) is 8.90. The van der Waals surface area contributed by atoms with Crippen LogP contribution in [0.15, 0.2) is 85.1 Å². The van der Waals surface area contributed by atoms with Crippen LogP contribution in [0.3, 0.4) is 0 Å². The molecule has 4 aromatic rings. The van der Waals surface area contributed by atoms with Crippen molar-refractivity contribution in [2.45, 2.75) is 114 Å². The second kappa shape index (κ2) is 17.5. The van der Waals surface area contributed by atoms with Crippen molar-refractivity contribution < 1.29 is 19.7 Å². The van der Waals surface area contributed by atoms with Gasteiger partial charge in [-0.1, -0.05) is 80.0 Å². The van der Waals surface area contributed by atoms with Crippen LogP contribution in [-0.4, -0.2) is 46.4 Å². The number of fused-ring (bicyclic) bond motifs is 3. The van der Waals surface area contributed by atoms with E-state index in [2.05, 4.69) is 78.0 Å². The lowest BCUT2D eigenvalue weighted by Crippen LogP contribution is -2.53. The maximum Gasteiger partial charge on any atom is 0.329 e. The molecule has 4 N–H and O–H groups in total. The largest absolute Gasteiger partial charge is 0.493 e. The first-order chi connectivity index (χ1) is 26.7. The Morgan fingerprint density at radius 2 is 1.84 bits per heavy atom. The zero-order valence-corrected chi connectivity index (χ0v) is 33.3. The molecule has 1 aromatic heterocycles. The third-order valence-electron chi connectivity index (χ3n) is 13.0. The Hall–Kier alpha value is -3.91. The minimum Gasteiger partial charge on any atom is -0.493 e. The van der Waals surface area contributed by atoms with E-state index in [0.717, 1.165) is 74.9 Å². The molecule has 4 atom stereocenters. The lowest BCUT2D eigenvalue weighted by molar-refractivity contribution is -0.144. The number of aliphatic hydroxyl groups is 1. The topological polar surface area (TPSA) is 104 Å². The number of aromatic nitrogens is 1. The predicted molar refractivity (Wildman–Crippen MR) is 221 cm³/mol. The maximum absolute atomic E-state index is 13.0. The van der Waals surface area contributed by atoms with Crippen molar-refractivity contribution in [2.24, 2.45) is 11.8 Å². The molecule has 0 aliphatic heterocycles. The molecule has 1 saturated carbocycles. The highest BCUT2D eigenvalue weighted by Gasteiger charge is 2.54. The van der Waals surface area contributed by atoms with E-state index in [4.69, 9.17) is 16.3 Å². The molecule has 55 heavy (non-hydrogen) atoms. The summed E-state index contributed by atoms with van der Waals surface area (Å²) in [5, 5.41) is 29.6. The molecular weight excluding hydrogens is 706 g/mol. The van der Waals surface area contributed by atoms with E-state index >= 15 is 0 Å². The Kier molecular flexibility index (Phi) is 12.5. The fourth-order valence-electron chi connectivity index (χ4n) is 9.90. The van der Waals surface area contributed by atoms with Crippen molar-refractivity contribution in [1.82, 2.24) is 10.3 Å². The molecule has 7 nitrogen and oxygen atoms in total. The molecule has 1 heterocycles. The van der Waals surface area contributed by atoms with Crippen LogP contribution >= 0.6 is 11.6 Å². The summed E-state index contributed by atoms with van der Waals surface area (Å²) >= 11 is 6.31. The van der Waals surface area contributed by atoms with Gasteiger partial charge < -0.3 is 25.6 Å². The van der Waals surface area contributed by atoms with Gasteiger partial charge in [-0.3, -0.25) is 4.98 Å². The van der Waals surface area contributed by atoms with Gasteiger partial charge in [-0.2, -0.15) is 0 Å². The highest BCUT2D eigenvalue weighted by Crippen LogP contribution is 2.56. The number of ether oxygens (including phenoxy) is 1. The van der Waals surface area contributed by atoms with Crippen molar-refractivity contribution in [3.8, 4) is 5.75 Å². The summed E-state index contributed by atoms with van der Waals surface area (Å²) in [6.07, 6.45) is 12.2. The van der Waals surface area contributed by atoms with E-state index in [1.165, 1.54) is 40.8 Å². The number of carboxylic acid groups (broad SMARTS) is 1. The molecule has 0 saturated heterocycles. The van der Waals surface area contributed by atoms with Gasteiger partial charge in [0.1, 0.15) is 11.3 Å². The number of aliphatic hydroxyl groups excluding tert-OH is 1. The monoisotopic (exact) mass is 763 g/mol. The normalized spacial score (nSPS) is 24.1. The lowest BCUT2D eigenvalue weighted by atomic mass is 9.59. The number of hydrogen-bond acceptors (Lipinski definition) is 6. The lowest BCUT2D eigenvalue weighted by Gasteiger charge is -2.47. The first-order valence-corrected chi connectivity index (χ1v) is 21.0. The van der Waals surface area contributed by atoms with Gasteiger partial charge >= 0.3 is 5.97 Å². The molecule has 1 spiro atoms. The van der Waals surface area contributed by atoms with E-state index in [9.17, 15) is 15.0 Å². The average Bonchev–Trinajstić information content (AvgIpc) is 3.47. The van der Waals surface area contributed by atoms with Crippen LogP contribution in [0.5, 0.6) is 5.75 Å². The first-order valence-electron chi connectivity index (χ1n) is 20.6. The summed E-state index contributed by atoms with van der Waals surface area (Å²) in [5.41, 5.74) is 6.82. The van der Waals surface area contributed by atoms with Crippen LogP contribution in [0.25, 0.3) is 0 Å². The standard InChI is InChI=1S/C47H58ClN3O4/c1-32(31-55-43-19-25-50-41-16-8-10-33(2)44(41)43)26-37-27-35-17-18-36(42(52)30-49-24-7-6-13-34-11-4-3-5-12-34)28-40(35)46(37)20-22-47(23-21-46,45(53)54)51-39-15-9-14-38(48)29-39/h3-5,9,11-12,14-15,17-19,25,28-29,32-33,37,42,49,51-52H,6-8,10,13,16,20-24,26-27,30-31H2,1-2H3,(H,53,54)/t32-,33-,37?,42?,46?,47?/m1/s1. The number of aryl methyl sites for hydroxylation is 2. The van der Waals surface area contributed by atoms with E-state index in [0.29, 0.717) is 48.8 Å². The van der Waals surface area contributed by atoms with Crippen LogP contribution in [0.2, 0.25) is 5.02 Å². The molecule has 0 radical (unpaired) electrons. The van der Waals surface area contributed by atoms with Crippen molar-refractivity contribution >= 4 is 23.3 Å². The molecule has 2 unspecified atom stereocenters. The zero-order chi connectivity index (χ0) is 38.4. The number of aliphatic carboxylic acids is 1. The Morgan fingerprint density at radius 3 is 2.62 bits per heavy atom. The van der Waals surface area contributed by atoms with Crippen molar-refractivity contribution in [3.05, 3.63) is 124 Å². The molecule has 7 rings (SSSR count). The van der Waals surface area contributed by atoms with Gasteiger partial charge in [-0.25, -0.2) is 4.79 Å². The molecule has 8 heteroatoms. The highest BCUT2D eigenvalue weighted by molar-refractivity contribution is 6.30. The number of carboxylic acids is 1. The van der Waals surface area contributed by atoms with Gasteiger partial charge in [0.05, 0.1) is 12.7 Å². The summed E-state index contributed by atoms with van der Waals surface area (Å²) in [6, 6.07) is 26.5. The van der Waals surface area contributed by atoms with Crippen LogP contribution < -0.4 is 15.4 Å². The number of carbonyl (C=O) groups is 1. The fourth-order valence-corrected chi connectivity index (χ4v) is 10.1. The fraction of sp³-hybridized carbons (Fsp3) is 0.489. The Morgan fingerprint density at radius 1 is 1.02 bits per heavy atom. The molecule has 1 fully saturated rings. The molecule has 3 aliphatic carbocycles. The summed E-state index contributed by atoms with van der Waals surface area (Å²) in [7, 11) is 0. The number of nitrogens with zero attached hydrogens (tertiary/aromatic N) is 1. The summed E-state index contributed by atoms with van der Waals surface area (Å²) in [4.78, 5) is 17.7. The second-order valence-corrected chi connectivity index (χ2v) is 17.2. The van der Waals surface area contributed by atoms with Gasteiger partial charge in [-0.15, -0.1) is 0 Å². The number of rotatable bonds is 16. The van der Waals surface area contributed by atoms with Gasteiger partial charge in [0.25, 0.3) is 0 Å². The molecule has 0 bridgehead atoms. The SMILES string of the molecule is C[C@@H](COc1ccnc2c1[C@H](C)CCC2)CC1Cc2ccc(C(O)CNCCCCc3ccccc3)cc2C12CCC(Nc1cccc(Cl)c1)(C(=O)O)CC2. The van der Waals surface area contributed by atoms with E-state index in [1.54, 1.807) is 12.1 Å². The third-order valence-corrected chi connectivity index (χ3v) is 13.2. The van der Waals surface area contributed by atoms with Gasteiger partial charge in [0.15, 0.2) is 0 Å². The Balaban J connectivity index is 1.06. The number of pyridine rings is 1. The maximum atomic E-state index is 13.0. The number of benzene rings is 3. The molecule has 0 amide bonds. The smallest absolute Gasteiger partial charge is 0.329 e. The minimum atomic E-state index is -1.09. The number of nitrogens with one attached hydrogen (secondary N) is 2. The van der Waals surface area contributed by atoms with Crippen molar-refractivity contribution in [1.29, 1.82) is 0 Å². The summed E-state index contributed by atoms with van der Waals surface area (Å²) in [5.74, 6) is 1.23. The van der Waals surface area contributed by atoms with E-state index < -0.39 is 17.6 Å². The quantitative estimate of drug-likeness (QED) is 0.0843. The van der Waals surface area contributed by atoms with Gasteiger partial charge in [-0.05, 0) is 153 Å². The van der Waals surface area contributed by atoms with E-state index in [1.807, 2.05) is 24.4 Å². The molecular formula is C47H58ClN3O4. The number of unbranched alkanes of at least 4 members (excludes halogenated alkanes) is 1. The highest BCUT2D eigenvalue weighted by atomic mass is 35.5. The summed E-state index contributed by atoms with van der Waals surface area (Å²) < 4.78 is 6.60. The molecule has 292 valence electrons. The Labute approximate surface area is 332 Å². The Bertz CT molecular complexity index is 1910. The van der Waals surface area contributed by atoms with E-state index in [-0.39, 0.29) is 5.41 Å². The van der Waals surface area contributed by atoms with Crippen LogP contribution in [-0.2, 0) is 29.5 Å². The first kappa shape index (κ1) is 39.3. The molecule has 3 aromatic carbocycles. The van der Waals surface area contributed by atoms with Crippen LogP contribution in [0, 0.1) is 11.8 Å². The number of halogens is 1. The zero-order valence-electron chi connectivity index (χ0n) is 32.5. The average molecular weight is 764 g/mol. The number of hydrogen-bond donors (Lipinski definition) is 4. The van der Waals surface area contributed by atoms with Crippen molar-refractivity contribution in [3.63, 3.8) is 0 Å². The predicted octanol–water partition coefficient (Wildman–Crippen LogP) is 9.85. The van der Waals surface area contributed by atoms with Crippen LogP contribution in [0.1, 0.15) is 117 Å². The van der Waals surface area contributed by atoms with Crippen LogP contribution in [0.4, 0.5) is 5.69 Å². The second-order valence-electron chi connectivity index (χ2n) is 16.8. The molecule has 3 aliphatic rings. The van der Waals surface area contributed by atoms with Gasteiger partial charge in [0, 0.05) is 34.7 Å². The summed E-state index contributed by atoms with van der Waals surface area (Å²) in [6.45, 7) is 6.56. The van der Waals surface area contributed by atoms with Gasteiger partial charge in [0.2, 0.25) is 0 Å². The van der Waals surface area contributed by atoms with Crippen molar-refractivity contribution in [2.75, 3.05) is 25.0 Å². The minimum absolute atomic E-state index is 0.191. The number of anilines is 1.